The van der Waals surface area contributed by atoms with Crippen molar-refractivity contribution in [3.63, 3.8) is 0 Å². The summed E-state index contributed by atoms with van der Waals surface area (Å²) in [5, 5.41) is 2.77. The van der Waals surface area contributed by atoms with E-state index in [4.69, 9.17) is 4.74 Å². The van der Waals surface area contributed by atoms with Gasteiger partial charge in [0.25, 0.3) is 0 Å². The average Bonchev–Trinajstić information content (AvgIpc) is 3.04. The van der Waals surface area contributed by atoms with Gasteiger partial charge in [-0.25, -0.2) is 18.2 Å². The van der Waals surface area contributed by atoms with Crippen molar-refractivity contribution in [2.75, 3.05) is 13.1 Å². The van der Waals surface area contributed by atoms with Crippen LogP contribution in [0.1, 0.15) is 30.1 Å². The summed E-state index contributed by atoms with van der Waals surface area (Å²) < 4.78 is 31.4. The maximum absolute atomic E-state index is 12.4. The first-order chi connectivity index (χ1) is 12.4. The third kappa shape index (κ3) is 5.23. The van der Waals surface area contributed by atoms with E-state index < -0.39 is 16.0 Å². The molecular formula is C18H22N2O4S2. The molecule has 0 spiro atoms. The van der Waals surface area contributed by atoms with E-state index in [1.54, 1.807) is 32.1 Å². The van der Waals surface area contributed by atoms with Gasteiger partial charge in [-0.2, -0.15) is 4.31 Å². The highest BCUT2D eigenvalue weighted by molar-refractivity contribution is 7.89. The molecule has 0 atom stereocenters. The molecule has 1 heterocycles. The minimum atomic E-state index is -3.47. The molecular weight excluding hydrogens is 372 g/mol. The van der Waals surface area contributed by atoms with E-state index in [1.165, 1.54) is 33.9 Å². The zero-order valence-electron chi connectivity index (χ0n) is 15.0. The summed E-state index contributed by atoms with van der Waals surface area (Å²) >= 11 is 1.50. The smallest absolute Gasteiger partial charge is 0.331 e. The fraction of sp³-hybridized carbons (Fsp3) is 0.333. The molecule has 0 fully saturated rings. The fourth-order valence-electron chi connectivity index (χ4n) is 2.30. The summed E-state index contributed by atoms with van der Waals surface area (Å²) in [7, 11) is -3.47. The average molecular weight is 395 g/mol. The summed E-state index contributed by atoms with van der Waals surface area (Å²) in [6.07, 6.45) is 2.90. The van der Waals surface area contributed by atoms with Gasteiger partial charge in [0, 0.05) is 24.5 Å². The maximum atomic E-state index is 12.4. The van der Waals surface area contributed by atoms with Crippen LogP contribution in [0.4, 0.5) is 0 Å². The number of ether oxygens (including phenoxy) is 1. The summed E-state index contributed by atoms with van der Waals surface area (Å²) in [5.74, 6) is -0.476. The Hall–Kier alpha value is -2.03. The van der Waals surface area contributed by atoms with Gasteiger partial charge in [0.15, 0.2) is 0 Å². The van der Waals surface area contributed by atoms with Gasteiger partial charge in [0.05, 0.1) is 15.6 Å². The van der Waals surface area contributed by atoms with Crippen LogP contribution in [0, 0.1) is 6.92 Å². The quantitative estimate of drug-likeness (QED) is 0.507. The molecule has 0 saturated heterocycles. The molecule has 2 aromatic rings. The number of aryl methyl sites for hydroxylation is 1. The monoisotopic (exact) mass is 394 g/mol. The van der Waals surface area contributed by atoms with Gasteiger partial charge in [-0.05, 0) is 30.7 Å². The molecule has 26 heavy (non-hydrogen) atoms. The zero-order chi connectivity index (χ0) is 19.2. The Morgan fingerprint density at radius 3 is 2.42 bits per heavy atom. The van der Waals surface area contributed by atoms with Crippen molar-refractivity contribution >= 4 is 33.4 Å². The third-order valence-electron chi connectivity index (χ3n) is 3.66. The Morgan fingerprint density at radius 2 is 1.88 bits per heavy atom. The molecule has 0 radical (unpaired) electrons. The van der Waals surface area contributed by atoms with Crippen LogP contribution in [0.3, 0.4) is 0 Å². The predicted octanol–water partition coefficient (Wildman–Crippen LogP) is 3.24. The van der Waals surface area contributed by atoms with Gasteiger partial charge >= 0.3 is 5.97 Å². The summed E-state index contributed by atoms with van der Waals surface area (Å²) in [6, 6.07) is 6.39. The van der Waals surface area contributed by atoms with Crippen LogP contribution in [0.2, 0.25) is 0 Å². The van der Waals surface area contributed by atoms with E-state index >= 15 is 0 Å². The number of benzene rings is 1. The Morgan fingerprint density at radius 1 is 1.23 bits per heavy atom. The summed E-state index contributed by atoms with van der Waals surface area (Å²) in [4.78, 5) is 16.2. The van der Waals surface area contributed by atoms with Crippen molar-refractivity contribution < 1.29 is 17.9 Å². The first-order valence-corrected chi connectivity index (χ1v) is 10.5. The highest BCUT2D eigenvalue weighted by Crippen LogP contribution is 2.17. The van der Waals surface area contributed by atoms with Crippen molar-refractivity contribution in [3.8, 4) is 0 Å². The molecule has 0 aliphatic rings. The SMILES string of the molecule is CCN(CC)S(=O)(=O)c1ccc(/C=C/C(=O)OCc2csc(C)n2)cc1. The number of hydrogen-bond donors (Lipinski definition) is 0. The van der Waals surface area contributed by atoms with Crippen LogP contribution in [0.15, 0.2) is 40.6 Å². The Labute approximate surface area is 158 Å². The second-order valence-electron chi connectivity index (χ2n) is 5.46. The number of aromatic nitrogens is 1. The Kier molecular flexibility index (Phi) is 7.07. The lowest BCUT2D eigenvalue weighted by Crippen LogP contribution is -2.30. The normalized spacial score (nSPS) is 12.0. The van der Waals surface area contributed by atoms with Gasteiger partial charge in [-0.15, -0.1) is 11.3 Å². The van der Waals surface area contributed by atoms with Gasteiger partial charge < -0.3 is 4.74 Å². The molecule has 0 aliphatic carbocycles. The molecule has 8 heteroatoms. The highest BCUT2D eigenvalue weighted by Gasteiger charge is 2.20. The summed E-state index contributed by atoms with van der Waals surface area (Å²) in [6.45, 7) is 6.47. The standard InChI is InChI=1S/C18H22N2O4S2/c1-4-20(5-2)26(22,23)17-9-6-15(7-10-17)8-11-18(21)24-12-16-13-25-14(3)19-16/h6-11,13H,4-5,12H2,1-3H3/b11-8+. The van der Waals surface area contributed by atoms with Crippen LogP contribution in [-0.4, -0.2) is 36.8 Å². The first kappa shape index (κ1) is 20.3. The van der Waals surface area contributed by atoms with Crippen molar-refractivity contribution in [1.29, 1.82) is 0 Å². The van der Waals surface area contributed by atoms with E-state index in [2.05, 4.69) is 4.98 Å². The third-order valence-corrected chi connectivity index (χ3v) is 6.55. The molecule has 0 unspecified atom stereocenters. The van der Waals surface area contributed by atoms with Crippen molar-refractivity contribution in [1.82, 2.24) is 9.29 Å². The number of hydrogen-bond acceptors (Lipinski definition) is 6. The number of esters is 1. The lowest BCUT2D eigenvalue weighted by atomic mass is 10.2. The molecule has 0 amide bonds. The predicted molar refractivity (Wildman–Crippen MR) is 102 cm³/mol. The number of thiazole rings is 1. The fourth-order valence-corrected chi connectivity index (χ4v) is 4.35. The van der Waals surface area contributed by atoms with Crippen LogP contribution in [0.25, 0.3) is 6.08 Å². The van der Waals surface area contributed by atoms with Crippen LogP contribution < -0.4 is 0 Å². The molecule has 0 bridgehead atoms. The molecule has 0 N–H and O–H groups in total. The van der Waals surface area contributed by atoms with Crippen LogP contribution in [0.5, 0.6) is 0 Å². The number of carbonyl (C=O) groups excluding carboxylic acids is 1. The largest absolute Gasteiger partial charge is 0.456 e. The van der Waals surface area contributed by atoms with Crippen molar-refractivity contribution in [3.05, 3.63) is 52.0 Å². The molecule has 6 nitrogen and oxygen atoms in total. The van der Waals surface area contributed by atoms with E-state index in [9.17, 15) is 13.2 Å². The lowest BCUT2D eigenvalue weighted by molar-refractivity contribution is -0.139. The Balaban J connectivity index is 1.97. The van der Waals surface area contributed by atoms with Gasteiger partial charge in [-0.1, -0.05) is 26.0 Å². The van der Waals surface area contributed by atoms with E-state index in [-0.39, 0.29) is 11.5 Å². The van der Waals surface area contributed by atoms with Gasteiger partial charge in [0.1, 0.15) is 6.61 Å². The van der Waals surface area contributed by atoms with Crippen LogP contribution >= 0.6 is 11.3 Å². The molecule has 140 valence electrons. The minimum absolute atomic E-state index is 0.133. The van der Waals surface area contributed by atoms with Gasteiger partial charge in [0.2, 0.25) is 10.0 Å². The number of carbonyl (C=O) groups is 1. The lowest BCUT2D eigenvalue weighted by Gasteiger charge is -2.18. The molecule has 1 aromatic heterocycles. The molecule has 0 saturated carbocycles. The minimum Gasteiger partial charge on any atom is -0.456 e. The highest BCUT2D eigenvalue weighted by atomic mass is 32.2. The van der Waals surface area contributed by atoms with Gasteiger partial charge in [-0.3, -0.25) is 0 Å². The van der Waals surface area contributed by atoms with E-state index in [0.29, 0.717) is 18.7 Å². The topological polar surface area (TPSA) is 76.6 Å². The second kappa shape index (κ2) is 9.07. The number of sulfonamides is 1. The molecule has 2 rings (SSSR count). The maximum Gasteiger partial charge on any atom is 0.331 e. The first-order valence-electron chi connectivity index (χ1n) is 8.22. The molecule has 1 aromatic carbocycles. The van der Waals surface area contributed by atoms with Crippen LogP contribution in [-0.2, 0) is 26.2 Å². The Bertz CT molecular complexity index is 867. The van der Waals surface area contributed by atoms with E-state index in [1.807, 2.05) is 12.3 Å². The van der Waals surface area contributed by atoms with E-state index in [0.717, 1.165) is 10.7 Å². The number of nitrogens with zero attached hydrogens (tertiary/aromatic N) is 2. The second-order valence-corrected chi connectivity index (χ2v) is 8.46. The summed E-state index contributed by atoms with van der Waals surface area (Å²) in [5.41, 5.74) is 1.44. The number of rotatable bonds is 8. The van der Waals surface area contributed by atoms with Crippen molar-refractivity contribution in [2.45, 2.75) is 32.3 Å². The zero-order valence-corrected chi connectivity index (χ0v) is 16.6. The molecule has 0 aliphatic heterocycles. The van der Waals surface area contributed by atoms with Crippen molar-refractivity contribution in [2.24, 2.45) is 0 Å².